The normalized spacial score (nSPS) is 10.0. The number of hydrogen-bond acceptors (Lipinski definition) is 3. The van der Waals surface area contributed by atoms with Crippen molar-refractivity contribution in [1.29, 1.82) is 0 Å². The molecular weight excluding hydrogens is 254 g/mol. The quantitative estimate of drug-likeness (QED) is 0.756. The first-order valence-electron chi connectivity index (χ1n) is 6.40. The first-order valence-corrected chi connectivity index (χ1v) is 6.40. The van der Waals surface area contributed by atoms with Crippen LogP contribution in [-0.4, -0.2) is 29.0 Å². The van der Waals surface area contributed by atoms with E-state index in [9.17, 15) is 4.79 Å². The molecule has 2 N–H and O–H groups in total. The molecule has 5 nitrogen and oxygen atoms in total. The van der Waals surface area contributed by atoms with Gasteiger partial charge in [-0.2, -0.15) is 0 Å². The molecule has 2 rings (SSSR count). The van der Waals surface area contributed by atoms with Crippen molar-refractivity contribution in [3.05, 3.63) is 60.7 Å². The van der Waals surface area contributed by atoms with Gasteiger partial charge in [0, 0.05) is 25.4 Å². The van der Waals surface area contributed by atoms with E-state index in [4.69, 9.17) is 4.74 Å². The molecule has 0 aliphatic heterocycles. The molecule has 0 atom stereocenters. The van der Waals surface area contributed by atoms with Gasteiger partial charge in [0.25, 0.3) is 5.91 Å². The van der Waals surface area contributed by atoms with Gasteiger partial charge in [-0.3, -0.25) is 4.79 Å². The van der Waals surface area contributed by atoms with Crippen LogP contribution < -0.4 is 10.1 Å². The maximum Gasteiger partial charge on any atom is 0.255 e. The number of H-pyrrole nitrogens is 1. The van der Waals surface area contributed by atoms with Gasteiger partial charge in [0.1, 0.15) is 18.2 Å². The summed E-state index contributed by atoms with van der Waals surface area (Å²) in [6.45, 7) is 4.48. The van der Waals surface area contributed by atoms with Crippen molar-refractivity contribution in [2.75, 3.05) is 13.2 Å². The second-order valence-corrected chi connectivity index (χ2v) is 4.14. The summed E-state index contributed by atoms with van der Waals surface area (Å²) in [7, 11) is 0. The topological polar surface area (TPSA) is 67.0 Å². The van der Waals surface area contributed by atoms with E-state index < -0.39 is 0 Å². The van der Waals surface area contributed by atoms with Gasteiger partial charge in [-0.25, -0.2) is 4.98 Å². The van der Waals surface area contributed by atoms with Crippen LogP contribution in [0, 0.1) is 0 Å². The van der Waals surface area contributed by atoms with Crippen molar-refractivity contribution >= 4 is 5.91 Å². The zero-order valence-corrected chi connectivity index (χ0v) is 11.1. The van der Waals surface area contributed by atoms with Crippen LogP contribution in [0.1, 0.15) is 16.2 Å². The Bertz CT molecular complexity index is 564. The summed E-state index contributed by atoms with van der Waals surface area (Å²) in [5.41, 5.74) is 0.522. The Morgan fingerprint density at radius 2 is 2.30 bits per heavy atom. The van der Waals surface area contributed by atoms with Crippen LogP contribution in [0.5, 0.6) is 5.75 Å². The molecule has 0 radical (unpaired) electrons. The number of imidazole rings is 1. The fraction of sp³-hybridized carbons (Fsp3) is 0.200. The number of para-hydroxylation sites is 1. The highest BCUT2D eigenvalue weighted by Gasteiger charge is 2.11. The molecule has 1 heterocycles. The highest BCUT2D eigenvalue weighted by atomic mass is 16.5. The highest BCUT2D eigenvalue weighted by molar-refractivity contribution is 5.96. The molecule has 2 aromatic rings. The Balaban J connectivity index is 1.92. The Hall–Kier alpha value is -2.56. The van der Waals surface area contributed by atoms with Crippen LogP contribution in [0.15, 0.2) is 49.3 Å². The van der Waals surface area contributed by atoms with Crippen LogP contribution in [-0.2, 0) is 6.42 Å². The minimum Gasteiger partial charge on any atom is -0.489 e. The first kappa shape index (κ1) is 13.9. The number of nitrogens with one attached hydrogen (secondary N) is 2. The van der Waals surface area contributed by atoms with E-state index >= 15 is 0 Å². The van der Waals surface area contributed by atoms with E-state index in [0.29, 0.717) is 30.9 Å². The predicted molar refractivity (Wildman–Crippen MR) is 76.8 cm³/mol. The summed E-state index contributed by atoms with van der Waals surface area (Å²) in [4.78, 5) is 19.2. The number of benzene rings is 1. The second-order valence-electron chi connectivity index (χ2n) is 4.14. The Morgan fingerprint density at radius 1 is 1.45 bits per heavy atom. The zero-order chi connectivity index (χ0) is 14.2. The molecule has 1 aromatic carbocycles. The molecule has 5 heteroatoms. The minimum absolute atomic E-state index is 0.156. The average Bonchev–Trinajstić information content (AvgIpc) is 2.98. The third kappa shape index (κ3) is 3.71. The molecule has 0 unspecified atom stereocenters. The summed E-state index contributed by atoms with van der Waals surface area (Å²) >= 11 is 0. The van der Waals surface area contributed by atoms with E-state index in [2.05, 4.69) is 21.9 Å². The SMILES string of the molecule is C=CCOc1ccccc1C(=O)NCCc1ncc[nH]1. The lowest BCUT2D eigenvalue weighted by molar-refractivity contribution is 0.0950. The van der Waals surface area contributed by atoms with Gasteiger partial charge in [-0.1, -0.05) is 24.8 Å². The molecule has 20 heavy (non-hydrogen) atoms. The highest BCUT2D eigenvalue weighted by Crippen LogP contribution is 2.17. The Kier molecular flexibility index (Phi) is 4.94. The van der Waals surface area contributed by atoms with Gasteiger partial charge in [-0.05, 0) is 12.1 Å². The molecule has 104 valence electrons. The number of amides is 1. The third-order valence-electron chi connectivity index (χ3n) is 2.69. The van der Waals surface area contributed by atoms with Gasteiger partial charge in [0.2, 0.25) is 0 Å². The van der Waals surface area contributed by atoms with E-state index in [-0.39, 0.29) is 5.91 Å². The largest absolute Gasteiger partial charge is 0.489 e. The lowest BCUT2D eigenvalue weighted by atomic mass is 10.2. The zero-order valence-electron chi connectivity index (χ0n) is 11.1. The first-order chi connectivity index (χ1) is 9.81. The molecule has 0 saturated carbocycles. The van der Waals surface area contributed by atoms with Crippen molar-refractivity contribution in [3.63, 3.8) is 0 Å². The third-order valence-corrected chi connectivity index (χ3v) is 2.69. The van der Waals surface area contributed by atoms with Gasteiger partial charge < -0.3 is 15.0 Å². The molecule has 0 aliphatic carbocycles. The summed E-state index contributed by atoms with van der Waals surface area (Å²) in [6.07, 6.45) is 5.76. The molecule has 0 spiro atoms. The standard InChI is InChI=1S/C15H17N3O2/c1-2-11-20-13-6-4-3-5-12(13)15(19)18-8-7-14-16-9-10-17-14/h2-6,9-10H,1,7-8,11H2,(H,16,17)(H,18,19). The maximum atomic E-state index is 12.1. The fourth-order valence-corrected chi connectivity index (χ4v) is 1.75. The summed E-state index contributed by atoms with van der Waals surface area (Å²) in [5, 5.41) is 2.85. The van der Waals surface area contributed by atoms with Gasteiger partial charge in [-0.15, -0.1) is 0 Å². The number of carbonyl (C=O) groups excluding carboxylic acids is 1. The molecule has 0 fully saturated rings. The van der Waals surface area contributed by atoms with Crippen LogP contribution in [0.2, 0.25) is 0 Å². The second kappa shape index (κ2) is 7.13. The Morgan fingerprint density at radius 3 is 3.05 bits per heavy atom. The maximum absolute atomic E-state index is 12.1. The molecule has 0 bridgehead atoms. The predicted octanol–water partition coefficient (Wildman–Crippen LogP) is 1.95. The number of aromatic amines is 1. The van der Waals surface area contributed by atoms with Crippen molar-refractivity contribution in [3.8, 4) is 5.75 Å². The number of carbonyl (C=O) groups is 1. The Labute approximate surface area is 117 Å². The number of rotatable bonds is 7. The number of nitrogens with zero attached hydrogens (tertiary/aromatic N) is 1. The van der Waals surface area contributed by atoms with Crippen LogP contribution in [0.3, 0.4) is 0 Å². The molecule has 0 saturated heterocycles. The molecular formula is C15H17N3O2. The minimum atomic E-state index is -0.156. The van der Waals surface area contributed by atoms with E-state index in [0.717, 1.165) is 5.82 Å². The van der Waals surface area contributed by atoms with E-state index in [1.165, 1.54) is 0 Å². The van der Waals surface area contributed by atoms with Crippen molar-refractivity contribution in [2.45, 2.75) is 6.42 Å². The van der Waals surface area contributed by atoms with Crippen LogP contribution >= 0.6 is 0 Å². The van der Waals surface area contributed by atoms with Crippen molar-refractivity contribution < 1.29 is 9.53 Å². The number of hydrogen-bond donors (Lipinski definition) is 2. The van der Waals surface area contributed by atoms with Gasteiger partial charge in [0.05, 0.1) is 5.56 Å². The summed E-state index contributed by atoms with van der Waals surface area (Å²) in [5.74, 6) is 1.25. The van der Waals surface area contributed by atoms with Crippen molar-refractivity contribution in [2.24, 2.45) is 0 Å². The summed E-state index contributed by atoms with van der Waals surface area (Å²) < 4.78 is 5.46. The lowest BCUT2D eigenvalue weighted by Gasteiger charge is -2.10. The summed E-state index contributed by atoms with van der Waals surface area (Å²) in [6, 6.07) is 7.14. The van der Waals surface area contributed by atoms with Crippen LogP contribution in [0.4, 0.5) is 0 Å². The molecule has 1 amide bonds. The van der Waals surface area contributed by atoms with E-state index in [1.54, 1.807) is 30.6 Å². The van der Waals surface area contributed by atoms with Crippen molar-refractivity contribution in [1.82, 2.24) is 15.3 Å². The lowest BCUT2D eigenvalue weighted by Crippen LogP contribution is -2.26. The smallest absolute Gasteiger partial charge is 0.255 e. The number of ether oxygens (including phenoxy) is 1. The monoisotopic (exact) mass is 271 g/mol. The van der Waals surface area contributed by atoms with Gasteiger partial charge >= 0.3 is 0 Å². The fourth-order valence-electron chi connectivity index (χ4n) is 1.75. The molecule has 1 aromatic heterocycles. The van der Waals surface area contributed by atoms with E-state index in [1.807, 2.05) is 12.1 Å². The molecule has 0 aliphatic rings. The van der Waals surface area contributed by atoms with Crippen LogP contribution in [0.25, 0.3) is 0 Å². The van der Waals surface area contributed by atoms with Gasteiger partial charge in [0.15, 0.2) is 0 Å². The average molecular weight is 271 g/mol. The number of aromatic nitrogens is 2.